The summed E-state index contributed by atoms with van der Waals surface area (Å²) in [5.41, 5.74) is 0.948. The highest BCUT2D eigenvalue weighted by Crippen LogP contribution is 2.14. The van der Waals surface area contributed by atoms with E-state index in [9.17, 15) is 9.90 Å². The number of hydrogen-bond donors (Lipinski definition) is 2. The quantitative estimate of drug-likeness (QED) is 0.668. The number of β-amino-alcohol motifs (C(OH)–C–C–N with tert-alkyl or cyclic N) is 1. The van der Waals surface area contributed by atoms with Crippen LogP contribution in [-0.4, -0.2) is 94.9 Å². The molecule has 0 aromatic carbocycles. The standard InChI is InChI=1S/C22H33N5O3/c1-22(2,3)30-16-17(28)15-27-13-11-26(12-14-27)10-9-25-21(29)19-6-8-24-20-18(19)5-4-7-23-20/h4-8,17,28H,9-16H2,1-3H3,(H,25,29). The van der Waals surface area contributed by atoms with Crippen LogP contribution in [0.1, 0.15) is 31.1 Å². The lowest BCUT2D eigenvalue weighted by atomic mass is 10.1. The van der Waals surface area contributed by atoms with Gasteiger partial charge in [-0.25, -0.2) is 9.97 Å². The number of fused-ring (bicyclic) bond motifs is 1. The molecule has 2 aromatic rings. The van der Waals surface area contributed by atoms with Crippen LogP contribution >= 0.6 is 0 Å². The van der Waals surface area contributed by atoms with Gasteiger partial charge < -0.3 is 15.2 Å². The van der Waals surface area contributed by atoms with Crippen LogP contribution < -0.4 is 5.32 Å². The number of nitrogens with one attached hydrogen (secondary N) is 1. The molecule has 1 atom stereocenters. The van der Waals surface area contributed by atoms with Crippen molar-refractivity contribution in [2.45, 2.75) is 32.5 Å². The van der Waals surface area contributed by atoms with Gasteiger partial charge in [0.25, 0.3) is 5.91 Å². The molecule has 1 amide bonds. The molecule has 1 unspecified atom stereocenters. The fourth-order valence-electron chi connectivity index (χ4n) is 3.50. The van der Waals surface area contributed by atoms with Crippen LogP contribution in [0.15, 0.2) is 30.6 Å². The molecule has 0 aliphatic carbocycles. The largest absolute Gasteiger partial charge is 0.389 e. The predicted molar refractivity (Wildman–Crippen MR) is 116 cm³/mol. The summed E-state index contributed by atoms with van der Waals surface area (Å²) < 4.78 is 5.66. The minimum absolute atomic E-state index is 0.101. The van der Waals surface area contributed by atoms with Gasteiger partial charge in [-0.2, -0.15) is 0 Å². The normalized spacial score (nSPS) is 17.2. The van der Waals surface area contributed by atoms with E-state index in [2.05, 4.69) is 25.1 Å². The average molecular weight is 416 g/mol. The van der Waals surface area contributed by atoms with Crippen LogP contribution in [0.3, 0.4) is 0 Å². The third-order valence-electron chi connectivity index (χ3n) is 5.12. The van der Waals surface area contributed by atoms with Gasteiger partial charge in [0.05, 0.1) is 23.9 Å². The number of aliphatic hydroxyl groups excluding tert-OH is 1. The van der Waals surface area contributed by atoms with Crippen molar-refractivity contribution in [3.8, 4) is 0 Å². The molecule has 1 saturated heterocycles. The Kier molecular flexibility index (Phi) is 7.71. The van der Waals surface area contributed by atoms with E-state index in [4.69, 9.17) is 4.74 Å². The number of piperazine rings is 1. The smallest absolute Gasteiger partial charge is 0.252 e. The van der Waals surface area contributed by atoms with Crippen LogP contribution in [0.4, 0.5) is 0 Å². The molecule has 1 aliphatic rings. The maximum absolute atomic E-state index is 12.6. The van der Waals surface area contributed by atoms with Gasteiger partial charge in [0, 0.05) is 63.6 Å². The van der Waals surface area contributed by atoms with Gasteiger partial charge in [-0.1, -0.05) is 0 Å². The molecule has 0 spiro atoms. The summed E-state index contributed by atoms with van der Waals surface area (Å²) in [4.78, 5) is 25.6. The lowest BCUT2D eigenvalue weighted by Gasteiger charge is -2.35. The number of ether oxygens (including phenoxy) is 1. The number of carbonyl (C=O) groups is 1. The summed E-state index contributed by atoms with van der Waals surface area (Å²) in [5, 5.41) is 14.0. The van der Waals surface area contributed by atoms with Gasteiger partial charge in [0.1, 0.15) is 0 Å². The Hall–Kier alpha value is -2.13. The molecule has 0 saturated carbocycles. The molecule has 8 heteroatoms. The molecule has 1 fully saturated rings. The lowest BCUT2D eigenvalue weighted by molar-refractivity contribution is -0.0585. The van der Waals surface area contributed by atoms with Crippen molar-refractivity contribution in [3.63, 3.8) is 0 Å². The summed E-state index contributed by atoms with van der Waals surface area (Å²) in [5.74, 6) is -0.101. The molecule has 8 nitrogen and oxygen atoms in total. The average Bonchev–Trinajstić information content (AvgIpc) is 2.72. The Bertz CT molecular complexity index is 826. The van der Waals surface area contributed by atoms with Crippen molar-refractivity contribution in [2.24, 2.45) is 0 Å². The van der Waals surface area contributed by atoms with Crippen molar-refractivity contribution in [3.05, 3.63) is 36.2 Å². The van der Waals surface area contributed by atoms with E-state index in [0.717, 1.165) is 38.1 Å². The second-order valence-electron chi connectivity index (χ2n) is 8.71. The Morgan fingerprint density at radius 2 is 1.87 bits per heavy atom. The molecule has 0 radical (unpaired) electrons. The maximum atomic E-state index is 12.6. The molecule has 30 heavy (non-hydrogen) atoms. The number of aliphatic hydroxyl groups is 1. The number of carbonyl (C=O) groups excluding carboxylic acids is 1. The molecule has 3 heterocycles. The first-order valence-corrected chi connectivity index (χ1v) is 10.6. The van der Waals surface area contributed by atoms with Crippen molar-refractivity contribution in [1.29, 1.82) is 0 Å². The third-order valence-corrected chi connectivity index (χ3v) is 5.12. The third kappa shape index (κ3) is 6.70. The summed E-state index contributed by atoms with van der Waals surface area (Å²) in [6.45, 7) is 12.0. The monoisotopic (exact) mass is 415 g/mol. The van der Waals surface area contributed by atoms with Gasteiger partial charge >= 0.3 is 0 Å². The van der Waals surface area contributed by atoms with Crippen LogP contribution in [0.5, 0.6) is 0 Å². The number of nitrogens with zero attached hydrogens (tertiary/aromatic N) is 4. The van der Waals surface area contributed by atoms with Crippen LogP contribution in [0, 0.1) is 0 Å². The predicted octanol–water partition coefficient (Wildman–Crippen LogP) is 1.15. The Morgan fingerprint density at radius 3 is 2.60 bits per heavy atom. The second kappa shape index (κ2) is 10.3. The zero-order chi connectivity index (χ0) is 21.6. The van der Waals surface area contributed by atoms with Gasteiger partial charge in [-0.15, -0.1) is 0 Å². The topological polar surface area (TPSA) is 90.8 Å². The first-order valence-electron chi connectivity index (χ1n) is 10.6. The van der Waals surface area contributed by atoms with Crippen molar-refractivity contribution in [1.82, 2.24) is 25.1 Å². The number of aromatic nitrogens is 2. The number of hydrogen-bond acceptors (Lipinski definition) is 7. The van der Waals surface area contributed by atoms with E-state index in [0.29, 0.717) is 30.9 Å². The molecular weight excluding hydrogens is 382 g/mol. The van der Waals surface area contributed by atoms with Gasteiger partial charge in [-0.3, -0.25) is 14.6 Å². The van der Waals surface area contributed by atoms with E-state index in [-0.39, 0.29) is 11.5 Å². The molecule has 0 bridgehead atoms. The summed E-state index contributed by atoms with van der Waals surface area (Å²) in [6.07, 6.45) is 2.82. The highest BCUT2D eigenvalue weighted by atomic mass is 16.5. The fraction of sp³-hybridized carbons (Fsp3) is 0.591. The first kappa shape index (κ1) is 22.6. The number of pyridine rings is 2. The fourth-order valence-corrected chi connectivity index (χ4v) is 3.50. The Morgan fingerprint density at radius 1 is 1.17 bits per heavy atom. The van der Waals surface area contributed by atoms with Crippen molar-refractivity contribution >= 4 is 16.9 Å². The molecular formula is C22H33N5O3. The van der Waals surface area contributed by atoms with Crippen LogP contribution in [-0.2, 0) is 4.74 Å². The molecule has 1 aliphatic heterocycles. The summed E-state index contributed by atoms with van der Waals surface area (Å²) in [7, 11) is 0. The molecule has 3 rings (SSSR count). The van der Waals surface area contributed by atoms with Crippen molar-refractivity contribution in [2.75, 3.05) is 52.4 Å². The van der Waals surface area contributed by atoms with E-state index in [1.807, 2.05) is 32.9 Å². The first-order chi connectivity index (χ1) is 14.3. The van der Waals surface area contributed by atoms with Gasteiger partial charge in [0.15, 0.2) is 5.65 Å². The number of amides is 1. The van der Waals surface area contributed by atoms with Crippen LogP contribution in [0.2, 0.25) is 0 Å². The highest BCUT2D eigenvalue weighted by molar-refractivity contribution is 6.05. The zero-order valence-electron chi connectivity index (χ0n) is 18.2. The minimum atomic E-state index is -0.472. The van der Waals surface area contributed by atoms with Gasteiger partial charge in [-0.05, 0) is 39.0 Å². The minimum Gasteiger partial charge on any atom is -0.389 e. The Balaban J connectivity index is 1.37. The van der Waals surface area contributed by atoms with Gasteiger partial charge in [0.2, 0.25) is 0 Å². The molecule has 2 aromatic heterocycles. The maximum Gasteiger partial charge on any atom is 0.252 e. The Labute approximate surface area is 178 Å². The van der Waals surface area contributed by atoms with Crippen LogP contribution in [0.25, 0.3) is 11.0 Å². The van der Waals surface area contributed by atoms with E-state index in [1.54, 1.807) is 18.5 Å². The molecule has 164 valence electrons. The SMILES string of the molecule is CC(C)(C)OCC(O)CN1CCN(CCNC(=O)c2ccnc3ncccc23)CC1. The summed E-state index contributed by atoms with van der Waals surface area (Å²) in [6, 6.07) is 5.41. The summed E-state index contributed by atoms with van der Waals surface area (Å²) >= 11 is 0. The lowest BCUT2D eigenvalue weighted by Crippen LogP contribution is -2.50. The number of rotatable bonds is 8. The second-order valence-corrected chi connectivity index (χ2v) is 8.71. The van der Waals surface area contributed by atoms with E-state index >= 15 is 0 Å². The van der Waals surface area contributed by atoms with E-state index in [1.165, 1.54) is 0 Å². The molecule has 2 N–H and O–H groups in total. The highest BCUT2D eigenvalue weighted by Gasteiger charge is 2.21. The van der Waals surface area contributed by atoms with E-state index < -0.39 is 6.10 Å². The van der Waals surface area contributed by atoms with Crippen molar-refractivity contribution < 1.29 is 14.6 Å². The zero-order valence-corrected chi connectivity index (χ0v) is 18.2.